The Morgan fingerprint density at radius 3 is 2.51 bits per heavy atom. The molecular weight excluding hydrogens is 593 g/mol. The maximum absolute atomic E-state index is 13.2. The zero-order chi connectivity index (χ0) is 31.5. The fourth-order valence-electron chi connectivity index (χ4n) is 5.55. The van der Waals surface area contributed by atoms with Gasteiger partial charge in [-0.05, 0) is 56.6 Å². The fourth-order valence-corrected chi connectivity index (χ4v) is 6.39. The van der Waals surface area contributed by atoms with Crippen molar-refractivity contribution >= 4 is 46.4 Å². The van der Waals surface area contributed by atoms with E-state index >= 15 is 0 Å². The maximum atomic E-state index is 13.2. The van der Waals surface area contributed by atoms with Crippen LogP contribution in [0.25, 0.3) is 0 Å². The highest BCUT2D eigenvalue weighted by atomic mass is 32.1. The smallest absolute Gasteiger partial charge is 0.353 e. The number of fused-ring (bicyclic) bond motifs is 2. The van der Waals surface area contributed by atoms with Gasteiger partial charge in [-0.1, -0.05) is 6.42 Å². The van der Waals surface area contributed by atoms with Crippen LogP contribution in [0.3, 0.4) is 0 Å². The van der Waals surface area contributed by atoms with Crippen molar-refractivity contribution in [2.75, 3.05) is 12.4 Å². The van der Waals surface area contributed by atoms with E-state index in [9.17, 15) is 41.9 Å². The molecule has 0 aromatic carbocycles. The van der Waals surface area contributed by atoms with Crippen molar-refractivity contribution in [1.29, 1.82) is 0 Å². The first-order valence-corrected chi connectivity index (χ1v) is 14.5. The normalized spacial score (nSPS) is 19.9. The number of nitrogens with zero attached hydrogens (tertiary/aromatic N) is 2. The highest BCUT2D eigenvalue weighted by Gasteiger charge is 2.40. The Balaban J connectivity index is 1.47. The Kier molecular flexibility index (Phi) is 9.67. The van der Waals surface area contributed by atoms with Crippen molar-refractivity contribution in [3.63, 3.8) is 0 Å². The number of pyridine rings is 1. The van der Waals surface area contributed by atoms with Crippen LogP contribution in [0.2, 0.25) is 0 Å². The second-order valence-corrected chi connectivity index (χ2v) is 11.7. The van der Waals surface area contributed by atoms with Crippen LogP contribution in [0.4, 0.5) is 18.9 Å². The van der Waals surface area contributed by atoms with Crippen molar-refractivity contribution in [2.24, 2.45) is 11.8 Å². The van der Waals surface area contributed by atoms with Gasteiger partial charge >= 0.3 is 6.18 Å². The number of hydrogen-bond donors (Lipinski definition) is 4. The standard InChI is InChI=1S/C27H31F3N6O6S/c1-13-21(43-26(32-13)27(28,29)30)24(41)34-16(7-8-19(37)23(40)31-2)22(39)35-17-4-3-9-36(25(17)42)12-20(38)33-18-11-14-5-6-15(18)10-14/h3-4,9,14-16,18H,5-8,10-12H2,1-2H3,(H,31,40)(H,33,38)(H,34,41)(H,35,39)/t14-,15+,16-,18+/m0/s1. The number of rotatable bonds is 11. The van der Waals surface area contributed by atoms with Crippen molar-refractivity contribution in [1.82, 2.24) is 25.5 Å². The third-order valence-corrected chi connectivity index (χ3v) is 8.89. The minimum Gasteiger partial charge on any atom is -0.353 e. The van der Waals surface area contributed by atoms with Crippen LogP contribution in [0.15, 0.2) is 23.1 Å². The Labute approximate surface area is 247 Å². The van der Waals surface area contributed by atoms with E-state index in [1.807, 2.05) is 0 Å². The molecule has 12 nitrogen and oxygen atoms in total. The number of carbonyl (C=O) groups is 5. The monoisotopic (exact) mass is 624 g/mol. The van der Waals surface area contributed by atoms with Crippen molar-refractivity contribution in [3.05, 3.63) is 44.3 Å². The molecule has 0 spiro atoms. The van der Waals surface area contributed by atoms with E-state index in [-0.39, 0.29) is 41.2 Å². The summed E-state index contributed by atoms with van der Waals surface area (Å²) in [5.41, 5.74) is -1.16. The van der Waals surface area contributed by atoms with Crippen LogP contribution in [0.5, 0.6) is 0 Å². The number of amides is 4. The summed E-state index contributed by atoms with van der Waals surface area (Å²) >= 11 is 0.0880. The molecule has 43 heavy (non-hydrogen) atoms. The van der Waals surface area contributed by atoms with Gasteiger partial charge < -0.3 is 25.8 Å². The van der Waals surface area contributed by atoms with E-state index in [0.717, 1.165) is 30.3 Å². The third kappa shape index (κ3) is 7.66. The summed E-state index contributed by atoms with van der Waals surface area (Å²) in [6.07, 6.45) is -0.0690. The quantitative estimate of drug-likeness (QED) is 0.276. The fraction of sp³-hybridized carbons (Fsp3) is 0.519. The summed E-state index contributed by atoms with van der Waals surface area (Å²) in [6.45, 7) is 0.911. The summed E-state index contributed by atoms with van der Waals surface area (Å²) in [7, 11) is 1.23. The van der Waals surface area contributed by atoms with E-state index in [0.29, 0.717) is 11.8 Å². The lowest BCUT2D eigenvalue weighted by Gasteiger charge is -2.23. The number of Topliss-reactive ketones (excluding diaryl/α,β-unsaturated/α-hetero) is 1. The Hall–Kier alpha value is -4.08. The minimum absolute atomic E-state index is 0.0705. The second kappa shape index (κ2) is 13.1. The van der Waals surface area contributed by atoms with Gasteiger partial charge in [-0.2, -0.15) is 13.2 Å². The van der Waals surface area contributed by atoms with Gasteiger partial charge in [0.15, 0.2) is 5.01 Å². The van der Waals surface area contributed by atoms with E-state index < -0.39 is 64.0 Å². The Morgan fingerprint density at radius 2 is 1.91 bits per heavy atom. The van der Waals surface area contributed by atoms with Gasteiger partial charge in [-0.15, -0.1) is 11.3 Å². The molecule has 2 aromatic heterocycles. The van der Waals surface area contributed by atoms with Crippen molar-refractivity contribution < 1.29 is 37.1 Å². The molecule has 4 N–H and O–H groups in total. The average molecular weight is 625 g/mol. The number of thiazole rings is 1. The van der Waals surface area contributed by atoms with E-state index in [1.54, 1.807) is 0 Å². The molecule has 2 aromatic rings. The number of anilines is 1. The summed E-state index contributed by atoms with van der Waals surface area (Å²) in [6, 6.07) is 1.26. The van der Waals surface area contributed by atoms with Crippen LogP contribution >= 0.6 is 11.3 Å². The number of alkyl halides is 3. The summed E-state index contributed by atoms with van der Waals surface area (Å²) in [5, 5.41) is 8.53. The predicted molar refractivity (Wildman–Crippen MR) is 148 cm³/mol. The number of hydrogen-bond acceptors (Lipinski definition) is 8. The molecule has 2 saturated carbocycles. The number of aryl methyl sites for hydroxylation is 1. The molecule has 4 amide bonds. The van der Waals surface area contributed by atoms with Gasteiger partial charge in [0.1, 0.15) is 23.2 Å². The molecule has 2 fully saturated rings. The lowest BCUT2D eigenvalue weighted by atomic mass is 9.95. The first kappa shape index (κ1) is 31.8. The second-order valence-electron chi connectivity index (χ2n) is 10.7. The number of aromatic nitrogens is 2. The SMILES string of the molecule is CNC(=O)C(=O)CC[C@H](NC(=O)c1sc(C(F)(F)F)nc1C)C(=O)Nc1cccn(CC(=O)N[C@@H]2C[C@H]3CC[C@@H]2C3)c1=O. The van der Waals surface area contributed by atoms with Gasteiger partial charge in [-0.3, -0.25) is 28.8 Å². The van der Waals surface area contributed by atoms with Gasteiger partial charge in [0.25, 0.3) is 17.4 Å². The highest BCUT2D eigenvalue weighted by Crippen LogP contribution is 2.44. The van der Waals surface area contributed by atoms with Crippen molar-refractivity contribution in [3.8, 4) is 0 Å². The maximum Gasteiger partial charge on any atom is 0.443 e. The molecule has 0 saturated heterocycles. The molecule has 2 aliphatic rings. The first-order valence-electron chi connectivity index (χ1n) is 13.7. The molecular formula is C27H31F3N6O6S. The highest BCUT2D eigenvalue weighted by molar-refractivity contribution is 7.13. The number of ketones is 1. The Morgan fingerprint density at radius 1 is 1.16 bits per heavy atom. The van der Waals surface area contributed by atoms with E-state index in [4.69, 9.17) is 0 Å². The van der Waals surface area contributed by atoms with Gasteiger partial charge in [0, 0.05) is 25.7 Å². The zero-order valence-electron chi connectivity index (χ0n) is 23.4. The van der Waals surface area contributed by atoms with Crippen molar-refractivity contribution in [2.45, 2.75) is 70.3 Å². The third-order valence-electron chi connectivity index (χ3n) is 7.68. The van der Waals surface area contributed by atoms with Crippen LogP contribution in [-0.2, 0) is 31.9 Å². The topological polar surface area (TPSA) is 168 Å². The first-order chi connectivity index (χ1) is 20.3. The lowest BCUT2D eigenvalue weighted by molar-refractivity contribution is -0.137. The van der Waals surface area contributed by atoms with Crippen LogP contribution in [-0.4, -0.2) is 58.1 Å². The van der Waals surface area contributed by atoms with E-state index in [1.165, 1.54) is 32.3 Å². The molecule has 16 heteroatoms. The van der Waals surface area contributed by atoms with Gasteiger partial charge in [0.05, 0.1) is 5.69 Å². The minimum atomic E-state index is -4.79. The number of likely N-dealkylation sites (N-methyl/N-ethyl adjacent to an activating group) is 1. The summed E-state index contributed by atoms with van der Waals surface area (Å²) in [4.78, 5) is 78.5. The molecule has 4 atom stereocenters. The molecule has 2 bridgehead atoms. The zero-order valence-corrected chi connectivity index (χ0v) is 24.2. The van der Waals surface area contributed by atoms with Crippen LogP contribution in [0.1, 0.15) is 58.9 Å². The van der Waals surface area contributed by atoms with Crippen LogP contribution < -0.4 is 26.8 Å². The van der Waals surface area contributed by atoms with Crippen LogP contribution in [0, 0.1) is 18.8 Å². The molecule has 0 aliphatic heterocycles. The number of carbonyl (C=O) groups excluding carboxylic acids is 5. The summed E-state index contributed by atoms with van der Waals surface area (Å²) < 4.78 is 40.4. The average Bonchev–Trinajstić information content (AvgIpc) is 3.68. The van der Waals surface area contributed by atoms with Gasteiger partial charge in [-0.25, -0.2) is 4.98 Å². The number of halogens is 3. The van der Waals surface area contributed by atoms with E-state index in [2.05, 4.69) is 26.3 Å². The Bertz CT molecular complexity index is 1490. The molecule has 0 radical (unpaired) electrons. The summed E-state index contributed by atoms with van der Waals surface area (Å²) in [5.74, 6) is -3.15. The predicted octanol–water partition coefficient (Wildman–Crippen LogP) is 1.77. The molecule has 2 heterocycles. The lowest BCUT2D eigenvalue weighted by Crippen LogP contribution is -2.45. The number of nitrogens with one attached hydrogen (secondary N) is 4. The molecule has 232 valence electrons. The molecule has 0 unspecified atom stereocenters. The molecule has 2 aliphatic carbocycles. The van der Waals surface area contributed by atoms with Gasteiger partial charge in [0.2, 0.25) is 17.6 Å². The largest absolute Gasteiger partial charge is 0.443 e. The molecule has 4 rings (SSSR count).